The Morgan fingerprint density at radius 1 is 0.833 bits per heavy atom. The lowest BCUT2D eigenvalue weighted by atomic mass is 10.00. The molecule has 0 bridgehead atoms. The molecule has 0 radical (unpaired) electrons. The van der Waals surface area contributed by atoms with Crippen molar-refractivity contribution in [2.75, 3.05) is 56.2 Å². The zero-order valence-electron chi connectivity index (χ0n) is 23.0. The molecule has 1 amide bonds. The topological polar surface area (TPSA) is 61.8 Å². The third kappa shape index (κ3) is 6.15. The Kier molecular flexibility index (Phi) is 8.06. The molecule has 7 nitrogen and oxygen atoms in total. The molecular weight excluding hydrogens is 564 g/mol. The van der Waals surface area contributed by atoms with Crippen molar-refractivity contribution in [3.8, 4) is 17.1 Å². The molecule has 0 spiro atoms. The summed E-state index contributed by atoms with van der Waals surface area (Å²) in [6.45, 7) is 4.59. The summed E-state index contributed by atoms with van der Waals surface area (Å²) in [6.07, 6.45) is -9.12. The summed E-state index contributed by atoms with van der Waals surface area (Å²) in [5, 5.41) is 0. The maximum atomic E-state index is 14.2. The number of hydrogen-bond acceptors (Lipinski definition) is 6. The minimum atomic E-state index is -5.06. The van der Waals surface area contributed by atoms with Crippen LogP contribution in [0.25, 0.3) is 11.3 Å². The fraction of sp³-hybridized carbons (Fsp3) is 0.414. The Bertz CT molecular complexity index is 1440. The minimum absolute atomic E-state index is 0.0360. The second-order valence-electron chi connectivity index (χ2n) is 10.4. The molecule has 1 aromatic heterocycles. The number of rotatable bonds is 3. The number of carbonyl (C=O) groups is 1. The zero-order valence-corrected chi connectivity index (χ0v) is 23.0. The van der Waals surface area contributed by atoms with E-state index >= 15 is 0 Å². The quantitative estimate of drug-likeness (QED) is 0.344. The SMILES string of the molecule is Cc1ccccc1-c1nc(N2CCCN(C)CC2)nc2c1C(=O)N(c1cc(C(F)(F)F)cc(C(F)(F)F)c1)CCCO2. The summed E-state index contributed by atoms with van der Waals surface area (Å²) in [7, 11) is 2.01. The highest BCUT2D eigenvalue weighted by molar-refractivity contribution is 6.11. The molecule has 2 aromatic carbocycles. The number of fused-ring (bicyclic) bond motifs is 1. The summed E-state index contributed by atoms with van der Waals surface area (Å²) in [4.78, 5) is 28.6. The van der Waals surface area contributed by atoms with E-state index in [9.17, 15) is 31.1 Å². The van der Waals surface area contributed by atoms with Gasteiger partial charge < -0.3 is 19.4 Å². The molecule has 0 N–H and O–H groups in total. The first kappa shape index (κ1) is 29.6. The fourth-order valence-corrected chi connectivity index (χ4v) is 5.12. The number of likely N-dealkylation sites (N-methyl/N-ethyl adjacent to an activating group) is 1. The number of anilines is 2. The van der Waals surface area contributed by atoms with E-state index in [4.69, 9.17) is 9.72 Å². The number of alkyl halides is 6. The predicted octanol–water partition coefficient (Wildman–Crippen LogP) is 6.06. The van der Waals surface area contributed by atoms with E-state index in [0.717, 1.165) is 30.0 Å². The van der Waals surface area contributed by atoms with E-state index in [1.165, 1.54) is 0 Å². The van der Waals surface area contributed by atoms with E-state index in [1.807, 2.05) is 24.9 Å². The lowest BCUT2D eigenvalue weighted by molar-refractivity contribution is -0.143. The van der Waals surface area contributed by atoms with Gasteiger partial charge >= 0.3 is 12.4 Å². The molecule has 224 valence electrons. The van der Waals surface area contributed by atoms with Gasteiger partial charge in [-0.05, 0) is 57.1 Å². The van der Waals surface area contributed by atoms with Gasteiger partial charge in [0.05, 0.1) is 23.4 Å². The van der Waals surface area contributed by atoms with Crippen LogP contribution in [0.15, 0.2) is 42.5 Å². The van der Waals surface area contributed by atoms with E-state index in [2.05, 4.69) is 9.88 Å². The van der Waals surface area contributed by atoms with Crippen molar-refractivity contribution < 1.29 is 35.9 Å². The minimum Gasteiger partial charge on any atom is -0.477 e. The molecular formula is C29H29F6N5O2. The Morgan fingerprint density at radius 2 is 1.52 bits per heavy atom. The molecule has 2 aliphatic rings. The number of amides is 1. The van der Waals surface area contributed by atoms with Crippen LogP contribution in [0.2, 0.25) is 0 Å². The third-order valence-electron chi connectivity index (χ3n) is 7.37. The predicted molar refractivity (Wildman–Crippen MR) is 145 cm³/mol. The number of hydrogen-bond donors (Lipinski definition) is 0. The molecule has 1 saturated heterocycles. The highest BCUT2D eigenvalue weighted by Gasteiger charge is 2.39. The lowest BCUT2D eigenvalue weighted by Crippen LogP contribution is -2.37. The van der Waals surface area contributed by atoms with Gasteiger partial charge in [0, 0.05) is 37.4 Å². The Balaban J connectivity index is 1.69. The second kappa shape index (κ2) is 11.4. The van der Waals surface area contributed by atoms with Crippen molar-refractivity contribution in [2.45, 2.75) is 32.1 Å². The van der Waals surface area contributed by atoms with Crippen LogP contribution in [-0.4, -0.2) is 67.2 Å². The van der Waals surface area contributed by atoms with Gasteiger partial charge in [-0.3, -0.25) is 4.79 Å². The van der Waals surface area contributed by atoms with Crippen molar-refractivity contribution in [1.29, 1.82) is 0 Å². The number of carbonyl (C=O) groups excluding carboxylic acids is 1. The monoisotopic (exact) mass is 593 g/mol. The van der Waals surface area contributed by atoms with Gasteiger partial charge in [-0.2, -0.15) is 31.3 Å². The average molecular weight is 594 g/mol. The molecule has 0 unspecified atom stereocenters. The molecule has 0 atom stereocenters. The van der Waals surface area contributed by atoms with Gasteiger partial charge in [0.25, 0.3) is 5.91 Å². The van der Waals surface area contributed by atoms with Gasteiger partial charge in [0.1, 0.15) is 5.56 Å². The summed E-state index contributed by atoms with van der Waals surface area (Å²) in [5.74, 6) is -0.577. The Hall–Kier alpha value is -3.87. The van der Waals surface area contributed by atoms with Crippen LogP contribution in [0.3, 0.4) is 0 Å². The smallest absolute Gasteiger partial charge is 0.416 e. The van der Waals surface area contributed by atoms with E-state index in [0.29, 0.717) is 36.7 Å². The van der Waals surface area contributed by atoms with Gasteiger partial charge in [-0.1, -0.05) is 24.3 Å². The van der Waals surface area contributed by atoms with Crippen LogP contribution < -0.4 is 14.5 Å². The Morgan fingerprint density at radius 3 is 2.19 bits per heavy atom. The Labute approximate surface area is 238 Å². The van der Waals surface area contributed by atoms with Crippen molar-refractivity contribution in [3.05, 3.63) is 64.7 Å². The first-order valence-electron chi connectivity index (χ1n) is 13.5. The highest BCUT2D eigenvalue weighted by atomic mass is 19.4. The number of benzene rings is 2. The molecule has 42 heavy (non-hydrogen) atoms. The molecule has 0 aliphatic carbocycles. The zero-order chi connectivity index (χ0) is 30.2. The first-order chi connectivity index (χ1) is 19.8. The molecule has 0 saturated carbocycles. The molecule has 3 aromatic rings. The molecule has 5 rings (SSSR count). The molecule has 1 fully saturated rings. The van der Waals surface area contributed by atoms with Crippen molar-refractivity contribution in [2.24, 2.45) is 0 Å². The number of aromatic nitrogens is 2. The summed E-state index contributed by atoms with van der Waals surface area (Å²) >= 11 is 0. The molecule has 3 heterocycles. The average Bonchev–Trinajstić information content (AvgIpc) is 3.14. The normalized spacial score (nSPS) is 17.3. The van der Waals surface area contributed by atoms with Gasteiger partial charge in [-0.15, -0.1) is 0 Å². The summed E-state index contributed by atoms with van der Waals surface area (Å²) in [6, 6.07) is 8.30. The van der Waals surface area contributed by atoms with Crippen molar-refractivity contribution >= 4 is 17.5 Å². The van der Waals surface area contributed by atoms with Crippen LogP contribution in [0, 0.1) is 6.92 Å². The van der Waals surface area contributed by atoms with E-state index in [-0.39, 0.29) is 42.8 Å². The number of ether oxygens (including phenoxy) is 1. The third-order valence-corrected chi connectivity index (χ3v) is 7.37. The van der Waals surface area contributed by atoms with Crippen LogP contribution in [0.5, 0.6) is 5.88 Å². The highest BCUT2D eigenvalue weighted by Crippen LogP contribution is 2.40. The van der Waals surface area contributed by atoms with Gasteiger partial charge in [-0.25, -0.2) is 4.98 Å². The second-order valence-corrected chi connectivity index (χ2v) is 10.4. The lowest BCUT2D eigenvalue weighted by Gasteiger charge is -2.29. The first-order valence-corrected chi connectivity index (χ1v) is 13.5. The van der Waals surface area contributed by atoms with Gasteiger partial charge in [0.2, 0.25) is 11.8 Å². The summed E-state index contributed by atoms with van der Waals surface area (Å²) < 4.78 is 88.0. The van der Waals surface area contributed by atoms with Crippen LogP contribution in [0.4, 0.5) is 38.0 Å². The number of halogens is 6. The maximum Gasteiger partial charge on any atom is 0.416 e. The standard InChI is InChI=1S/C29H29F6N5O2/c1-18-7-3-4-8-22(18)24-23-25(37-27(36-24)39-10-5-9-38(2)12-13-39)42-14-6-11-40(26(23)41)21-16-19(28(30,31)32)15-20(17-21)29(33,34)35/h3-4,7-8,15-17H,5-6,9-14H2,1-2H3. The molecule has 13 heteroatoms. The van der Waals surface area contributed by atoms with Crippen molar-refractivity contribution in [1.82, 2.24) is 14.9 Å². The van der Waals surface area contributed by atoms with Crippen LogP contribution in [-0.2, 0) is 12.4 Å². The molecule has 2 aliphatic heterocycles. The van der Waals surface area contributed by atoms with E-state index < -0.39 is 35.1 Å². The number of aryl methyl sites for hydroxylation is 1. The van der Waals surface area contributed by atoms with Crippen molar-refractivity contribution in [3.63, 3.8) is 0 Å². The maximum absolute atomic E-state index is 14.2. The van der Waals surface area contributed by atoms with E-state index in [1.54, 1.807) is 18.2 Å². The number of nitrogens with zero attached hydrogens (tertiary/aromatic N) is 5. The largest absolute Gasteiger partial charge is 0.477 e. The van der Waals surface area contributed by atoms with Crippen LogP contribution >= 0.6 is 0 Å². The summed E-state index contributed by atoms with van der Waals surface area (Å²) in [5.41, 5.74) is -2.12. The van der Waals surface area contributed by atoms with Gasteiger partial charge in [0.15, 0.2) is 0 Å². The fourth-order valence-electron chi connectivity index (χ4n) is 5.12. The van der Waals surface area contributed by atoms with Crippen LogP contribution in [0.1, 0.15) is 39.9 Å².